The maximum Gasteiger partial charge on any atom is 0.227 e. The lowest BCUT2D eigenvalue weighted by Crippen LogP contribution is -2.08. The summed E-state index contributed by atoms with van der Waals surface area (Å²) in [6.45, 7) is 2.97. The van der Waals surface area contributed by atoms with Crippen molar-refractivity contribution < 1.29 is 0 Å². The number of thiophene rings is 1. The Balaban J connectivity index is 1.63. The van der Waals surface area contributed by atoms with Gasteiger partial charge in [-0.3, -0.25) is 4.98 Å². The first-order valence-corrected chi connectivity index (χ1v) is 9.40. The van der Waals surface area contributed by atoms with E-state index in [1.165, 1.54) is 28.7 Å². The fraction of sp³-hybridized carbons (Fsp3) is 0.333. The molecule has 1 aliphatic carbocycles. The number of fused-ring (bicyclic) bond motifs is 5. The topological polar surface area (TPSA) is 68.0 Å². The zero-order valence-corrected chi connectivity index (χ0v) is 14.8. The van der Waals surface area contributed by atoms with Gasteiger partial charge < -0.3 is 5.32 Å². The summed E-state index contributed by atoms with van der Waals surface area (Å²) < 4.78 is 1.83. The maximum absolute atomic E-state index is 4.88. The largest absolute Gasteiger partial charge is 0.350 e. The number of anilines is 1. The van der Waals surface area contributed by atoms with Crippen LogP contribution in [0.25, 0.3) is 15.9 Å². The fourth-order valence-electron chi connectivity index (χ4n) is 3.70. The van der Waals surface area contributed by atoms with E-state index in [9.17, 15) is 0 Å². The van der Waals surface area contributed by atoms with E-state index in [0.29, 0.717) is 12.5 Å². The summed E-state index contributed by atoms with van der Waals surface area (Å²) in [6.07, 6.45) is 8.90. The number of pyridine rings is 1. The Morgan fingerprint density at radius 1 is 1.40 bits per heavy atom. The second kappa shape index (κ2) is 5.77. The molecule has 0 aliphatic heterocycles. The first-order chi connectivity index (χ1) is 12.3. The van der Waals surface area contributed by atoms with Gasteiger partial charge in [-0.05, 0) is 42.4 Å². The number of nitrogens with zero attached hydrogens (tertiary/aromatic N) is 5. The van der Waals surface area contributed by atoms with Gasteiger partial charge in [0.1, 0.15) is 11.2 Å². The number of nitrogens with one attached hydrogen (secondary N) is 1. The van der Waals surface area contributed by atoms with Gasteiger partial charge in [0.15, 0.2) is 5.65 Å². The van der Waals surface area contributed by atoms with Crippen LogP contribution in [0.2, 0.25) is 0 Å². The molecular weight excluding hydrogens is 332 g/mol. The van der Waals surface area contributed by atoms with Gasteiger partial charge in [-0.25, -0.2) is 9.97 Å². The average Bonchev–Trinajstić information content (AvgIpc) is 3.25. The van der Waals surface area contributed by atoms with Crippen LogP contribution in [-0.4, -0.2) is 24.6 Å². The fourth-order valence-corrected chi connectivity index (χ4v) is 5.03. The van der Waals surface area contributed by atoms with Gasteiger partial charge in [0.2, 0.25) is 5.95 Å². The highest BCUT2D eigenvalue weighted by Gasteiger charge is 2.25. The third kappa shape index (κ3) is 2.38. The Morgan fingerprint density at radius 2 is 2.36 bits per heavy atom. The van der Waals surface area contributed by atoms with Crippen molar-refractivity contribution >= 4 is 33.1 Å². The lowest BCUT2D eigenvalue weighted by molar-refractivity contribution is 0.602. The van der Waals surface area contributed by atoms with Crippen LogP contribution in [0.4, 0.5) is 5.95 Å². The molecule has 4 heterocycles. The van der Waals surface area contributed by atoms with E-state index < -0.39 is 0 Å². The van der Waals surface area contributed by atoms with Gasteiger partial charge in [-0.2, -0.15) is 9.61 Å². The Bertz CT molecular complexity index is 1050. The van der Waals surface area contributed by atoms with Crippen molar-refractivity contribution in [3.63, 3.8) is 0 Å². The van der Waals surface area contributed by atoms with Crippen molar-refractivity contribution in [3.05, 3.63) is 46.9 Å². The third-order valence-corrected chi connectivity index (χ3v) is 6.05. The van der Waals surface area contributed by atoms with Crippen LogP contribution in [0.3, 0.4) is 0 Å². The molecule has 0 spiro atoms. The highest BCUT2D eigenvalue weighted by molar-refractivity contribution is 7.19. The van der Waals surface area contributed by atoms with Crippen LogP contribution in [0, 0.1) is 0 Å². The molecule has 126 valence electrons. The summed E-state index contributed by atoms with van der Waals surface area (Å²) in [5.74, 6) is 1.30. The van der Waals surface area contributed by atoms with Crippen LogP contribution >= 0.6 is 11.3 Å². The zero-order valence-electron chi connectivity index (χ0n) is 13.9. The number of aryl methyl sites for hydroxylation is 1. The van der Waals surface area contributed by atoms with Crippen molar-refractivity contribution in [2.45, 2.75) is 38.6 Å². The summed E-state index contributed by atoms with van der Waals surface area (Å²) in [6, 6.07) is 3.98. The number of hydrogen-bond donors (Lipinski definition) is 1. The molecule has 0 aromatic carbocycles. The average molecular weight is 350 g/mol. The molecule has 0 fully saturated rings. The third-order valence-electron chi connectivity index (χ3n) is 4.89. The van der Waals surface area contributed by atoms with Gasteiger partial charge in [-0.15, -0.1) is 11.3 Å². The highest BCUT2D eigenvalue weighted by atomic mass is 32.1. The Morgan fingerprint density at radius 3 is 3.24 bits per heavy atom. The molecule has 4 aromatic rings. The molecule has 4 aromatic heterocycles. The molecule has 0 bridgehead atoms. The van der Waals surface area contributed by atoms with Gasteiger partial charge >= 0.3 is 0 Å². The number of rotatable bonds is 3. The molecule has 7 heteroatoms. The van der Waals surface area contributed by atoms with Crippen LogP contribution < -0.4 is 5.32 Å². The predicted octanol–water partition coefficient (Wildman–Crippen LogP) is 3.79. The van der Waals surface area contributed by atoms with Gasteiger partial charge in [-0.1, -0.05) is 13.0 Å². The Labute approximate surface area is 149 Å². The molecule has 0 radical (unpaired) electrons. The minimum atomic E-state index is 0.564. The summed E-state index contributed by atoms with van der Waals surface area (Å²) in [7, 11) is 0. The molecule has 1 atom stereocenters. The molecule has 1 N–H and O–H groups in total. The smallest absolute Gasteiger partial charge is 0.227 e. The van der Waals surface area contributed by atoms with Gasteiger partial charge in [0.25, 0.3) is 0 Å². The van der Waals surface area contributed by atoms with E-state index >= 15 is 0 Å². The van der Waals surface area contributed by atoms with Crippen LogP contribution in [0.5, 0.6) is 0 Å². The number of aromatic nitrogens is 5. The van der Waals surface area contributed by atoms with E-state index in [1.807, 2.05) is 34.2 Å². The monoisotopic (exact) mass is 350 g/mol. The molecular formula is C18H18N6S. The van der Waals surface area contributed by atoms with Crippen molar-refractivity contribution in [2.24, 2.45) is 0 Å². The molecule has 6 nitrogen and oxygen atoms in total. The van der Waals surface area contributed by atoms with E-state index in [0.717, 1.165) is 28.4 Å². The van der Waals surface area contributed by atoms with Gasteiger partial charge in [0, 0.05) is 23.8 Å². The van der Waals surface area contributed by atoms with E-state index in [-0.39, 0.29) is 0 Å². The highest BCUT2D eigenvalue weighted by Crippen LogP contribution is 2.43. The second-order valence-electron chi connectivity index (χ2n) is 6.56. The lowest BCUT2D eigenvalue weighted by Gasteiger charge is -2.18. The van der Waals surface area contributed by atoms with Crippen LogP contribution in [0.15, 0.2) is 30.9 Å². The molecule has 1 aliphatic rings. The SMILES string of the molecule is C[C@@H]1CCCc2sc3nc(NCc4cccnc4)n4ncnc4c3c21. The molecule has 0 saturated heterocycles. The first kappa shape index (κ1) is 14.8. The van der Waals surface area contributed by atoms with Crippen molar-refractivity contribution in [1.82, 2.24) is 24.6 Å². The lowest BCUT2D eigenvalue weighted by atomic mass is 9.87. The van der Waals surface area contributed by atoms with Crippen molar-refractivity contribution in [1.29, 1.82) is 0 Å². The molecule has 25 heavy (non-hydrogen) atoms. The van der Waals surface area contributed by atoms with Crippen LogP contribution in [-0.2, 0) is 13.0 Å². The Hall–Kier alpha value is -2.54. The zero-order chi connectivity index (χ0) is 16.8. The minimum absolute atomic E-state index is 0.564. The molecule has 0 unspecified atom stereocenters. The van der Waals surface area contributed by atoms with Gasteiger partial charge in [0.05, 0.1) is 5.39 Å². The van der Waals surface area contributed by atoms with Crippen molar-refractivity contribution in [2.75, 3.05) is 5.32 Å². The summed E-state index contributed by atoms with van der Waals surface area (Å²) in [5.41, 5.74) is 3.46. The standard InChI is InChI=1S/C18H18N6S/c1-11-4-2-6-13-14(11)15-16-21-10-22-24(16)18(23-17(15)25-13)20-9-12-5-3-7-19-8-12/h3,5,7-8,10-11H,2,4,6,9H2,1H3,(H,20,23)/t11-/m1/s1. The van der Waals surface area contributed by atoms with E-state index in [1.54, 1.807) is 12.5 Å². The quantitative estimate of drug-likeness (QED) is 0.609. The molecule has 0 amide bonds. The molecule has 0 saturated carbocycles. The summed E-state index contributed by atoms with van der Waals surface area (Å²) in [5, 5.41) is 8.99. The second-order valence-corrected chi connectivity index (χ2v) is 7.64. The molecule has 5 rings (SSSR count). The van der Waals surface area contributed by atoms with E-state index in [2.05, 4.69) is 27.3 Å². The summed E-state index contributed by atoms with van der Waals surface area (Å²) >= 11 is 1.81. The summed E-state index contributed by atoms with van der Waals surface area (Å²) in [4.78, 5) is 16.1. The maximum atomic E-state index is 4.88. The van der Waals surface area contributed by atoms with Crippen molar-refractivity contribution in [3.8, 4) is 0 Å². The normalized spacial score (nSPS) is 17.1. The van der Waals surface area contributed by atoms with E-state index in [4.69, 9.17) is 4.98 Å². The minimum Gasteiger partial charge on any atom is -0.350 e. The predicted molar refractivity (Wildman–Crippen MR) is 99.1 cm³/mol. The first-order valence-electron chi connectivity index (χ1n) is 8.59. The van der Waals surface area contributed by atoms with Crippen LogP contribution in [0.1, 0.15) is 41.7 Å². The number of hydrogen-bond acceptors (Lipinski definition) is 6. The Kier molecular flexibility index (Phi) is 3.41.